The van der Waals surface area contributed by atoms with Crippen LogP contribution in [0.15, 0.2) is 65.7 Å². The Morgan fingerprint density at radius 2 is 1.79 bits per heavy atom. The van der Waals surface area contributed by atoms with E-state index in [2.05, 4.69) is 21.2 Å². The van der Waals surface area contributed by atoms with Crippen molar-refractivity contribution < 1.29 is 14.4 Å². The second-order valence-electron chi connectivity index (χ2n) is 7.91. The minimum absolute atomic E-state index is 0.154. The second kappa shape index (κ2) is 7.98. The summed E-state index contributed by atoms with van der Waals surface area (Å²) in [6, 6.07) is 10.5. The van der Waals surface area contributed by atoms with Crippen LogP contribution in [0.25, 0.3) is 33.3 Å². The molecular weight excluding hydrogens is 418 g/mol. The third kappa shape index (κ3) is 3.55. The summed E-state index contributed by atoms with van der Waals surface area (Å²) in [6.45, 7) is 5.81. The zero-order valence-corrected chi connectivity index (χ0v) is 18.4. The summed E-state index contributed by atoms with van der Waals surface area (Å²) in [5, 5.41) is 14.3. The van der Waals surface area contributed by atoms with E-state index in [1.807, 2.05) is 49.9 Å². The van der Waals surface area contributed by atoms with Gasteiger partial charge >= 0.3 is 5.97 Å². The van der Waals surface area contributed by atoms with Crippen molar-refractivity contribution in [3.63, 3.8) is 0 Å². The number of aromatic carboxylic acids is 1. The van der Waals surface area contributed by atoms with E-state index in [9.17, 15) is 9.90 Å². The second-order valence-corrected chi connectivity index (χ2v) is 7.91. The zero-order chi connectivity index (χ0) is 23.1. The quantitative estimate of drug-likeness (QED) is 0.407. The van der Waals surface area contributed by atoms with Crippen LogP contribution in [0.5, 0.6) is 0 Å². The lowest BCUT2D eigenvalue weighted by Crippen LogP contribution is -2.09. The summed E-state index contributed by atoms with van der Waals surface area (Å²) in [5.41, 5.74) is 5.47. The monoisotopic (exact) mass is 439 g/mol. The van der Waals surface area contributed by atoms with E-state index < -0.39 is 5.97 Å². The normalized spacial score (nSPS) is 12.2. The molecule has 1 atom stereocenters. The van der Waals surface area contributed by atoms with Crippen molar-refractivity contribution in [3.8, 4) is 22.3 Å². The Bertz CT molecular complexity index is 1450. The lowest BCUT2D eigenvalue weighted by molar-refractivity contribution is 0.0697. The highest BCUT2D eigenvalue weighted by molar-refractivity contribution is 5.97. The number of aromatic nitrogens is 5. The van der Waals surface area contributed by atoms with Gasteiger partial charge in [0.05, 0.1) is 17.3 Å². The molecule has 0 radical (unpaired) electrons. The van der Waals surface area contributed by atoms with E-state index >= 15 is 0 Å². The number of fused-ring (bicyclic) bond motifs is 1. The molecule has 0 fully saturated rings. The number of carboxylic acid groups (broad SMARTS) is 1. The highest BCUT2D eigenvalue weighted by Gasteiger charge is 2.20. The summed E-state index contributed by atoms with van der Waals surface area (Å²) in [7, 11) is 0. The number of pyridine rings is 1. The lowest BCUT2D eigenvalue weighted by Gasteiger charge is -2.13. The molecule has 0 aliphatic carbocycles. The molecule has 0 spiro atoms. The first kappa shape index (κ1) is 20.6. The van der Waals surface area contributed by atoms with Crippen molar-refractivity contribution in [2.45, 2.75) is 26.8 Å². The summed E-state index contributed by atoms with van der Waals surface area (Å²) >= 11 is 0. The molecule has 8 nitrogen and oxygen atoms in total. The molecule has 8 heteroatoms. The highest BCUT2D eigenvalue weighted by atomic mass is 16.5. The van der Waals surface area contributed by atoms with Crippen LogP contribution >= 0.6 is 0 Å². The molecule has 1 aromatic carbocycles. The molecule has 4 heterocycles. The van der Waals surface area contributed by atoms with Crippen LogP contribution in [0.1, 0.15) is 40.6 Å². The van der Waals surface area contributed by atoms with Crippen molar-refractivity contribution in [1.29, 1.82) is 0 Å². The molecule has 0 saturated carbocycles. The third-order valence-corrected chi connectivity index (χ3v) is 5.81. The minimum atomic E-state index is -0.957. The highest BCUT2D eigenvalue weighted by Crippen LogP contribution is 2.36. The molecule has 1 unspecified atom stereocenters. The number of benzene rings is 1. The van der Waals surface area contributed by atoms with Gasteiger partial charge in [0.1, 0.15) is 11.4 Å². The van der Waals surface area contributed by atoms with E-state index in [0.717, 1.165) is 44.7 Å². The van der Waals surface area contributed by atoms with Gasteiger partial charge in [-0.05, 0) is 50.6 Å². The minimum Gasteiger partial charge on any atom is -0.478 e. The molecule has 0 aliphatic heterocycles. The number of carboxylic acids is 1. The Kier molecular flexibility index (Phi) is 4.97. The fraction of sp³-hybridized carbons (Fsp3) is 0.160. The topological polar surface area (TPSA) is 107 Å². The Balaban J connectivity index is 1.73. The van der Waals surface area contributed by atoms with Gasteiger partial charge in [0, 0.05) is 46.9 Å². The number of rotatable bonds is 5. The SMILES string of the molecule is Cc1noc(C)c1-c1cnc2c(c1)c(-c1ccc(C(=O)O)cc1)cn2C(C)c1ncccn1. The maximum Gasteiger partial charge on any atom is 0.335 e. The molecule has 33 heavy (non-hydrogen) atoms. The van der Waals surface area contributed by atoms with E-state index in [1.54, 1.807) is 30.6 Å². The molecule has 5 aromatic rings. The van der Waals surface area contributed by atoms with Crippen LogP contribution in [0.4, 0.5) is 0 Å². The van der Waals surface area contributed by atoms with Crippen LogP contribution in [0.2, 0.25) is 0 Å². The van der Waals surface area contributed by atoms with Crippen molar-refractivity contribution >= 4 is 17.0 Å². The molecule has 0 saturated heterocycles. The molecule has 1 N–H and O–H groups in total. The summed E-state index contributed by atoms with van der Waals surface area (Å²) < 4.78 is 7.40. The van der Waals surface area contributed by atoms with Crippen molar-refractivity contribution in [1.82, 2.24) is 24.7 Å². The first-order chi connectivity index (χ1) is 15.9. The number of hydrogen-bond donors (Lipinski definition) is 1. The summed E-state index contributed by atoms with van der Waals surface area (Å²) in [6.07, 6.45) is 7.28. The number of nitrogens with zero attached hydrogens (tertiary/aromatic N) is 5. The Labute approximate surface area is 189 Å². The van der Waals surface area contributed by atoms with Gasteiger partial charge < -0.3 is 14.2 Å². The molecule has 0 bridgehead atoms. The van der Waals surface area contributed by atoms with E-state index in [0.29, 0.717) is 5.82 Å². The van der Waals surface area contributed by atoms with Crippen molar-refractivity contribution in [2.24, 2.45) is 0 Å². The Morgan fingerprint density at radius 1 is 1.06 bits per heavy atom. The molecule has 4 aromatic heterocycles. The number of carbonyl (C=O) groups is 1. The van der Waals surface area contributed by atoms with E-state index in [-0.39, 0.29) is 11.6 Å². The van der Waals surface area contributed by atoms with Crippen molar-refractivity contribution in [2.75, 3.05) is 0 Å². The standard InChI is InChI=1S/C25H21N5O3/c1-14-22(16(3)33-29-14)19-11-20-21(17-5-7-18(8-6-17)25(31)32)13-30(24(20)28-12-19)15(2)23-26-9-4-10-27-23/h4-13,15H,1-3H3,(H,31,32). The van der Waals surface area contributed by atoms with Gasteiger partial charge in [0.25, 0.3) is 0 Å². The van der Waals surface area contributed by atoms with Crippen LogP contribution in [-0.4, -0.2) is 35.8 Å². The fourth-order valence-corrected chi connectivity index (χ4v) is 4.13. The largest absolute Gasteiger partial charge is 0.478 e. The van der Waals surface area contributed by atoms with Gasteiger partial charge in [-0.15, -0.1) is 0 Å². The van der Waals surface area contributed by atoms with Gasteiger partial charge in [-0.1, -0.05) is 17.3 Å². The third-order valence-electron chi connectivity index (χ3n) is 5.81. The number of aryl methyl sites for hydroxylation is 2. The average molecular weight is 439 g/mol. The van der Waals surface area contributed by atoms with Crippen LogP contribution in [0.3, 0.4) is 0 Å². The smallest absolute Gasteiger partial charge is 0.335 e. The van der Waals surface area contributed by atoms with Crippen LogP contribution in [0, 0.1) is 13.8 Å². The summed E-state index contributed by atoms with van der Waals surface area (Å²) in [5.74, 6) is 0.450. The Hall–Kier alpha value is -4.33. The van der Waals surface area contributed by atoms with E-state index in [4.69, 9.17) is 9.51 Å². The Morgan fingerprint density at radius 3 is 2.42 bits per heavy atom. The molecule has 164 valence electrons. The zero-order valence-electron chi connectivity index (χ0n) is 18.4. The maximum atomic E-state index is 11.3. The van der Waals surface area contributed by atoms with Gasteiger partial charge in [-0.2, -0.15) is 0 Å². The first-order valence-corrected chi connectivity index (χ1v) is 10.5. The number of hydrogen-bond acceptors (Lipinski definition) is 6. The summed E-state index contributed by atoms with van der Waals surface area (Å²) in [4.78, 5) is 24.9. The molecule has 5 rings (SSSR count). The van der Waals surface area contributed by atoms with Gasteiger partial charge in [0.15, 0.2) is 5.82 Å². The van der Waals surface area contributed by atoms with Crippen molar-refractivity contribution in [3.05, 3.63) is 84.0 Å². The molecule has 0 amide bonds. The van der Waals surface area contributed by atoms with Crippen LogP contribution in [-0.2, 0) is 0 Å². The van der Waals surface area contributed by atoms with Gasteiger partial charge in [-0.25, -0.2) is 19.7 Å². The van der Waals surface area contributed by atoms with Crippen LogP contribution < -0.4 is 0 Å². The average Bonchev–Trinajstić information content (AvgIpc) is 3.38. The molecular formula is C25H21N5O3. The predicted octanol–water partition coefficient (Wildman–Crippen LogP) is 5.07. The van der Waals surface area contributed by atoms with E-state index in [1.165, 1.54) is 0 Å². The molecule has 0 aliphatic rings. The lowest BCUT2D eigenvalue weighted by atomic mass is 10.0. The van der Waals surface area contributed by atoms with Gasteiger partial charge in [-0.3, -0.25) is 0 Å². The van der Waals surface area contributed by atoms with Gasteiger partial charge in [0.2, 0.25) is 0 Å². The maximum absolute atomic E-state index is 11.3. The fourth-order valence-electron chi connectivity index (χ4n) is 4.13. The first-order valence-electron chi connectivity index (χ1n) is 10.5. The predicted molar refractivity (Wildman–Crippen MR) is 123 cm³/mol.